The van der Waals surface area contributed by atoms with Crippen LogP contribution in [0.2, 0.25) is 0 Å². The Hall–Kier alpha value is -2.70. The molecule has 0 unspecified atom stereocenters. The van der Waals surface area contributed by atoms with E-state index in [9.17, 15) is 10.1 Å². The third-order valence-corrected chi connectivity index (χ3v) is 2.83. The third kappa shape index (κ3) is 1.45. The molecule has 0 amide bonds. The zero-order chi connectivity index (χ0) is 12.7. The minimum absolute atomic E-state index is 0.0545. The Bertz CT molecular complexity index is 674. The van der Waals surface area contributed by atoms with Gasteiger partial charge in [0.2, 0.25) is 0 Å². The maximum absolute atomic E-state index is 10.6. The van der Waals surface area contributed by atoms with Crippen LogP contribution in [0.5, 0.6) is 0 Å². The number of fused-ring (bicyclic) bond motifs is 1. The lowest BCUT2D eigenvalue weighted by Crippen LogP contribution is -2.14. The summed E-state index contributed by atoms with van der Waals surface area (Å²) in [5.41, 5.74) is 8.28. The number of nitrogens with two attached hydrogens (primary N) is 1. The monoisotopic (exact) mass is 243 g/mol. The molecule has 0 aliphatic carbocycles. The van der Waals surface area contributed by atoms with E-state index in [0.29, 0.717) is 18.1 Å². The molecule has 0 bridgehead atoms. The van der Waals surface area contributed by atoms with Gasteiger partial charge in [-0.2, -0.15) is 5.10 Å². The van der Waals surface area contributed by atoms with Crippen molar-refractivity contribution < 1.29 is 4.92 Å². The first-order chi connectivity index (χ1) is 8.66. The third-order valence-electron chi connectivity index (χ3n) is 2.83. The molecule has 0 atom stereocenters. The van der Waals surface area contributed by atoms with Gasteiger partial charge in [-0.15, -0.1) is 0 Å². The van der Waals surface area contributed by atoms with Crippen molar-refractivity contribution in [1.29, 1.82) is 0 Å². The largest absolute Gasteiger partial charge is 0.383 e. The molecule has 0 saturated heterocycles. The van der Waals surface area contributed by atoms with E-state index in [-0.39, 0.29) is 5.69 Å². The summed E-state index contributed by atoms with van der Waals surface area (Å²) in [6.45, 7) is 0.540. The average molecular weight is 243 g/mol. The summed E-state index contributed by atoms with van der Waals surface area (Å²) >= 11 is 0. The van der Waals surface area contributed by atoms with Crippen molar-refractivity contribution in [2.24, 2.45) is 10.7 Å². The van der Waals surface area contributed by atoms with Gasteiger partial charge in [-0.05, 0) is 11.6 Å². The van der Waals surface area contributed by atoms with E-state index in [0.717, 1.165) is 11.1 Å². The highest BCUT2D eigenvalue weighted by molar-refractivity contribution is 6.03. The van der Waals surface area contributed by atoms with Crippen LogP contribution in [-0.2, 0) is 6.54 Å². The Kier molecular flexibility index (Phi) is 2.12. The Labute approximate surface area is 102 Å². The normalized spacial score (nSPS) is 13.2. The molecule has 3 rings (SSSR count). The molecule has 0 radical (unpaired) electrons. The number of nitro groups is 1. The van der Waals surface area contributed by atoms with Crippen LogP contribution in [0.3, 0.4) is 0 Å². The molecular formula is C11H9N5O2. The van der Waals surface area contributed by atoms with Crippen molar-refractivity contribution in [3.05, 3.63) is 51.8 Å². The van der Waals surface area contributed by atoms with Crippen molar-refractivity contribution in [1.82, 2.24) is 9.78 Å². The number of benzene rings is 1. The van der Waals surface area contributed by atoms with E-state index in [2.05, 4.69) is 10.1 Å². The summed E-state index contributed by atoms with van der Waals surface area (Å²) in [5.74, 6) is 0.443. The average Bonchev–Trinajstić information content (AvgIpc) is 2.96. The summed E-state index contributed by atoms with van der Waals surface area (Å²) < 4.78 is 1.45. The van der Waals surface area contributed by atoms with Crippen LogP contribution < -0.4 is 5.73 Å². The molecule has 18 heavy (non-hydrogen) atoms. The molecule has 7 heteroatoms. The van der Waals surface area contributed by atoms with Gasteiger partial charge in [0.05, 0.1) is 17.2 Å². The molecule has 1 aromatic carbocycles. The summed E-state index contributed by atoms with van der Waals surface area (Å²) in [6.07, 6.45) is 2.57. The van der Waals surface area contributed by atoms with Gasteiger partial charge in [0.1, 0.15) is 18.2 Å². The Morgan fingerprint density at radius 1 is 1.44 bits per heavy atom. The van der Waals surface area contributed by atoms with E-state index in [1.54, 1.807) is 0 Å². The lowest BCUT2D eigenvalue weighted by atomic mass is 10.1. The first kappa shape index (κ1) is 10.5. The Morgan fingerprint density at radius 3 is 3.00 bits per heavy atom. The van der Waals surface area contributed by atoms with E-state index in [4.69, 9.17) is 5.73 Å². The van der Waals surface area contributed by atoms with Crippen molar-refractivity contribution in [2.45, 2.75) is 6.54 Å². The molecule has 1 aromatic heterocycles. The van der Waals surface area contributed by atoms with Crippen molar-refractivity contribution in [3.63, 3.8) is 0 Å². The molecule has 2 heterocycles. The number of nitrogens with zero attached hydrogens (tertiary/aromatic N) is 4. The summed E-state index contributed by atoms with van der Waals surface area (Å²) in [4.78, 5) is 14.3. The van der Waals surface area contributed by atoms with Crippen LogP contribution in [-0.4, -0.2) is 20.5 Å². The number of hydrogen-bond acceptors (Lipinski definition) is 5. The van der Waals surface area contributed by atoms with Crippen molar-refractivity contribution in [3.8, 4) is 5.69 Å². The first-order valence-electron chi connectivity index (χ1n) is 5.28. The fourth-order valence-corrected chi connectivity index (χ4v) is 1.99. The van der Waals surface area contributed by atoms with Crippen molar-refractivity contribution in [2.75, 3.05) is 0 Å². The number of aromatic nitrogens is 2. The number of hydrogen-bond donors (Lipinski definition) is 1. The summed E-state index contributed by atoms with van der Waals surface area (Å²) in [7, 11) is 0. The quantitative estimate of drug-likeness (QED) is 0.628. The summed E-state index contributed by atoms with van der Waals surface area (Å²) in [6, 6.07) is 5.60. The molecule has 1 aliphatic rings. The van der Waals surface area contributed by atoms with Crippen LogP contribution in [0.4, 0.5) is 5.69 Å². The predicted octanol–water partition coefficient (Wildman–Crippen LogP) is 0.999. The minimum Gasteiger partial charge on any atom is -0.383 e. The van der Waals surface area contributed by atoms with Crippen LogP contribution in [0.1, 0.15) is 11.1 Å². The Morgan fingerprint density at radius 2 is 2.28 bits per heavy atom. The number of amidine groups is 1. The highest BCUT2D eigenvalue weighted by Gasteiger charge is 2.19. The van der Waals surface area contributed by atoms with Gasteiger partial charge in [0, 0.05) is 5.56 Å². The predicted molar refractivity (Wildman–Crippen MR) is 64.6 cm³/mol. The van der Waals surface area contributed by atoms with Crippen LogP contribution in [0.25, 0.3) is 5.69 Å². The highest BCUT2D eigenvalue weighted by atomic mass is 16.6. The molecular weight excluding hydrogens is 234 g/mol. The van der Waals surface area contributed by atoms with Gasteiger partial charge in [0.25, 0.3) is 0 Å². The summed E-state index contributed by atoms with van der Waals surface area (Å²) in [5, 5.41) is 14.6. The SMILES string of the molecule is NC1=NCc2cccc(-n3cc([N+](=O)[O-])cn3)c21. The molecule has 0 fully saturated rings. The zero-order valence-electron chi connectivity index (χ0n) is 9.28. The number of aliphatic imine (C=N–C) groups is 1. The molecule has 2 N–H and O–H groups in total. The fraction of sp³-hybridized carbons (Fsp3) is 0.0909. The molecule has 90 valence electrons. The molecule has 0 spiro atoms. The second kappa shape index (κ2) is 3.66. The van der Waals surface area contributed by atoms with E-state index in [1.165, 1.54) is 17.1 Å². The van der Waals surface area contributed by atoms with Gasteiger partial charge < -0.3 is 5.73 Å². The van der Waals surface area contributed by atoms with Gasteiger partial charge >= 0.3 is 5.69 Å². The minimum atomic E-state index is -0.482. The van der Waals surface area contributed by atoms with E-state index >= 15 is 0 Å². The molecule has 7 nitrogen and oxygen atoms in total. The fourth-order valence-electron chi connectivity index (χ4n) is 1.99. The van der Waals surface area contributed by atoms with Crippen molar-refractivity contribution >= 4 is 11.5 Å². The van der Waals surface area contributed by atoms with E-state index in [1.807, 2.05) is 18.2 Å². The van der Waals surface area contributed by atoms with Crippen LogP contribution in [0, 0.1) is 10.1 Å². The lowest BCUT2D eigenvalue weighted by molar-refractivity contribution is -0.384. The van der Waals surface area contributed by atoms with Gasteiger partial charge in [-0.25, -0.2) is 4.68 Å². The highest BCUT2D eigenvalue weighted by Crippen LogP contribution is 2.24. The van der Waals surface area contributed by atoms with E-state index < -0.39 is 4.92 Å². The lowest BCUT2D eigenvalue weighted by Gasteiger charge is -2.07. The van der Waals surface area contributed by atoms with Gasteiger partial charge in [-0.1, -0.05) is 12.1 Å². The smallest absolute Gasteiger partial charge is 0.307 e. The number of rotatable bonds is 2. The topological polar surface area (TPSA) is 99.3 Å². The second-order valence-electron chi connectivity index (χ2n) is 3.91. The molecule has 1 aliphatic heterocycles. The first-order valence-corrected chi connectivity index (χ1v) is 5.28. The van der Waals surface area contributed by atoms with Crippen LogP contribution in [0.15, 0.2) is 35.6 Å². The maximum atomic E-state index is 10.6. The molecule has 2 aromatic rings. The Balaban J connectivity index is 2.15. The van der Waals surface area contributed by atoms with Gasteiger partial charge in [0.15, 0.2) is 0 Å². The zero-order valence-corrected chi connectivity index (χ0v) is 9.28. The maximum Gasteiger partial charge on any atom is 0.307 e. The standard InChI is InChI=1S/C11H9N5O2/c12-11-10-7(4-13-11)2-1-3-9(10)15-6-8(5-14-15)16(17)18/h1-3,5-6H,4H2,(H2,12,13). The molecule has 0 saturated carbocycles. The van der Waals surface area contributed by atoms with Gasteiger partial charge in [-0.3, -0.25) is 15.1 Å². The second-order valence-corrected chi connectivity index (χ2v) is 3.91. The van der Waals surface area contributed by atoms with Crippen LogP contribution >= 0.6 is 0 Å².